The summed E-state index contributed by atoms with van der Waals surface area (Å²) >= 11 is 0. The Morgan fingerprint density at radius 2 is 1.56 bits per heavy atom. The van der Waals surface area contributed by atoms with Gasteiger partial charge in [0.15, 0.2) is 0 Å². The molecule has 3 N–H and O–H groups in total. The summed E-state index contributed by atoms with van der Waals surface area (Å²) in [6, 6.07) is 5.28. The van der Waals surface area contributed by atoms with E-state index in [-0.39, 0.29) is 11.3 Å². The Balaban J connectivity index is 2.69. The summed E-state index contributed by atoms with van der Waals surface area (Å²) in [7, 11) is 0. The average molecular weight is 348 g/mol. The van der Waals surface area contributed by atoms with Crippen LogP contribution in [0.5, 0.6) is 0 Å². The molecular weight excluding hydrogens is 320 g/mol. The Hall–Kier alpha value is -2.37. The summed E-state index contributed by atoms with van der Waals surface area (Å²) < 4.78 is 0. The predicted octanol–water partition coefficient (Wildman–Crippen LogP) is 2.84. The number of aliphatic carboxylic acids is 1. The van der Waals surface area contributed by atoms with Crippen LogP contribution < -0.4 is 10.6 Å². The molecule has 1 atom stereocenters. The highest BCUT2D eigenvalue weighted by atomic mass is 16.4. The van der Waals surface area contributed by atoms with Gasteiger partial charge < -0.3 is 15.7 Å². The summed E-state index contributed by atoms with van der Waals surface area (Å²) in [4.78, 5) is 35.5. The van der Waals surface area contributed by atoms with Gasteiger partial charge in [-0.05, 0) is 36.1 Å². The predicted molar refractivity (Wildman–Crippen MR) is 96.6 cm³/mol. The van der Waals surface area contributed by atoms with Crippen molar-refractivity contribution >= 4 is 17.8 Å². The number of amides is 2. The van der Waals surface area contributed by atoms with Crippen molar-refractivity contribution < 1.29 is 19.5 Å². The standard InChI is InChI=1S/C19H28N2O4/c1-5-6-7-15(18(24)25)21-17(23)14-10-8-13(9-11-14)16(22)20-12-19(2,3)4/h8-11,15H,5-7,12H2,1-4H3,(H,20,22)(H,21,23)(H,24,25). The molecule has 25 heavy (non-hydrogen) atoms. The van der Waals surface area contributed by atoms with E-state index in [2.05, 4.69) is 10.6 Å². The van der Waals surface area contributed by atoms with Gasteiger partial charge in [-0.3, -0.25) is 9.59 Å². The van der Waals surface area contributed by atoms with Gasteiger partial charge in [-0.2, -0.15) is 0 Å². The van der Waals surface area contributed by atoms with Gasteiger partial charge in [-0.15, -0.1) is 0 Å². The lowest BCUT2D eigenvalue weighted by Crippen LogP contribution is -2.40. The average Bonchev–Trinajstić information content (AvgIpc) is 2.55. The van der Waals surface area contributed by atoms with Crippen LogP contribution in [-0.4, -0.2) is 35.5 Å². The molecule has 0 aliphatic carbocycles. The summed E-state index contributed by atoms with van der Waals surface area (Å²) in [6.45, 7) is 8.59. The molecule has 0 aliphatic rings. The monoisotopic (exact) mass is 348 g/mol. The lowest BCUT2D eigenvalue weighted by molar-refractivity contribution is -0.139. The maximum absolute atomic E-state index is 12.2. The Kier molecular flexibility index (Phi) is 7.61. The third kappa shape index (κ3) is 7.37. The Morgan fingerprint density at radius 1 is 1.04 bits per heavy atom. The second-order valence-corrected chi connectivity index (χ2v) is 7.33. The van der Waals surface area contributed by atoms with E-state index in [9.17, 15) is 14.4 Å². The fraction of sp³-hybridized carbons (Fsp3) is 0.526. The molecule has 0 radical (unpaired) electrons. The maximum atomic E-state index is 12.2. The number of hydrogen-bond donors (Lipinski definition) is 3. The second kappa shape index (κ2) is 9.20. The van der Waals surface area contributed by atoms with Gasteiger partial charge >= 0.3 is 5.97 Å². The summed E-state index contributed by atoms with van der Waals surface area (Å²) in [6.07, 6.45) is 1.98. The summed E-state index contributed by atoms with van der Waals surface area (Å²) in [5.74, 6) is -1.70. The van der Waals surface area contributed by atoms with E-state index in [0.717, 1.165) is 12.8 Å². The number of rotatable bonds is 8. The zero-order valence-electron chi connectivity index (χ0n) is 15.4. The molecule has 0 fully saturated rings. The van der Waals surface area contributed by atoms with Crippen molar-refractivity contribution in [3.05, 3.63) is 35.4 Å². The van der Waals surface area contributed by atoms with Crippen LogP contribution in [-0.2, 0) is 4.79 Å². The quantitative estimate of drug-likeness (QED) is 0.673. The minimum Gasteiger partial charge on any atom is -0.480 e. The second-order valence-electron chi connectivity index (χ2n) is 7.33. The van der Waals surface area contributed by atoms with E-state index in [1.807, 2.05) is 27.7 Å². The number of hydrogen-bond acceptors (Lipinski definition) is 3. The van der Waals surface area contributed by atoms with Crippen molar-refractivity contribution in [2.24, 2.45) is 5.41 Å². The molecule has 2 amide bonds. The largest absolute Gasteiger partial charge is 0.480 e. The van der Waals surface area contributed by atoms with Gasteiger partial charge in [0.2, 0.25) is 0 Å². The Labute approximate surface area is 149 Å². The molecule has 0 heterocycles. The lowest BCUT2D eigenvalue weighted by atomic mass is 9.97. The first kappa shape index (κ1) is 20.7. The van der Waals surface area contributed by atoms with E-state index in [1.54, 1.807) is 12.1 Å². The maximum Gasteiger partial charge on any atom is 0.326 e. The molecule has 138 valence electrons. The molecule has 6 heteroatoms. The molecule has 1 rings (SSSR count). The van der Waals surface area contributed by atoms with Crippen LogP contribution in [0.3, 0.4) is 0 Å². The van der Waals surface area contributed by atoms with Crippen LogP contribution in [0.25, 0.3) is 0 Å². The number of carboxylic acid groups (broad SMARTS) is 1. The normalized spacial score (nSPS) is 12.3. The molecule has 0 bridgehead atoms. The number of nitrogens with one attached hydrogen (secondary N) is 2. The highest BCUT2D eigenvalue weighted by Gasteiger charge is 2.20. The van der Waals surface area contributed by atoms with Gasteiger partial charge in [0.25, 0.3) is 11.8 Å². The van der Waals surface area contributed by atoms with E-state index >= 15 is 0 Å². The van der Waals surface area contributed by atoms with Crippen molar-refractivity contribution in [1.82, 2.24) is 10.6 Å². The van der Waals surface area contributed by atoms with Crippen molar-refractivity contribution in [2.45, 2.75) is 53.0 Å². The molecule has 0 saturated carbocycles. The van der Waals surface area contributed by atoms with Gasteiger partial charge in [0.05, 0.1) is 0 Å². The van der Waals surface area contributed by atoms with Crippen LogP contribution in [0.15, 0.2) is 24.3 Å². The number of benzene rings is 1. The van der Waals surface area contributed by atoms with Crippen molar-refractivity contribution in [1.29, 1.82) is 0 Å². The van der Waals surface area contributed by atoms with Crippen LogP contribution in [0.1, 0.15) is 67.7 Å². The van der Waals surface area contributed by atoms with Crippen LogP contribution in [0.4, 0.5) is 0 Å². The summed E-state index contributed by atoms with van der Waals surface area (Å²) in [5.41, 5.74) is 0.775. The van der Waals surface area contributed by atoms with E-state index in [1.165, 1.54) is 12.1 Å². The van der Waals surface area contributed by atoms with Crippen LogP contribution >= 0.6 is 0 Å². The first-order valence-corrected chi connectivity index (χ1v) is 8.56. The van der Waals surface area contributed by atoms with Crippen molar-refractivity contribution in [3.63, 3.8) is 0 Å². The fourth-order valence-corrected chi connectivity index (χ4v) is 2.13. The topological polar surface area (TPSA) is 95.5 Å². The molecule has 1 aromatic carbocycles. The first-order chi connectivity index (χ1) is 11.6. The highest BCUT2D eigenvalue weighted by Crippen LogP contribution is 2.11. The number of carbonyl (C=O) groups excluding carboxylic acids is 2. The number of unbranched alkanes of at least 4 members (excludes halogenated alkanes) is 1. The molecule has 0 spiro atoms. The van der Waals surface area contributed by atoms with Crippen molar-refractivity contribution in [2.75, 3.05) is 6.54 Å². The van der Waals surface area contributed by atoms with Crippen LogP contribution in [0.2, 0.25) is 0 Å². The Morgan fingerprint density at radius 3 is 2.00 bits per heavy atom. The van der Waals surface area contributed by atoms with Gasteiger partial charge in [0.1, 0.15) is 6.04 Å². The zero-order valence-corrected chi connectivity index (χ0v) is 15.4. The van der Waals surface area contributed by atoms with E-state index in [4.69, 9.17) is 5.11 Å². The number of carboxylic acids is 1. The SMILES string of the molecule is CCCCC(NC(=O)c1ccc(C(=O)NCC(C)(C)C)cc1)C(=O)O. The minimum absolute atomic E-state index is 0.0141. The van der Waals surface area contributed by atoms with Gasteiger partial charge in [-0.1, -0.05) is 40.5 Å². The highest BCUT2D eigenvalue weighted by molar-refractivity contribution is 5.99. The minimum atomic E-state index is -1.04. The van der Waals surface area contributed by atoms with Crippen molar-refractivity contribution in [3.8, 4) is 0 Å². The molecule has 0 aliphatic heterocycles. The third-order valence-corrected chi connectivity index (χ3v) is 3.64. The molecule has 1 aromatic rings. The number of carbonyl (C=O) groups is 3. The molecule has 6 nitrogen and oxygen atoms in total. The van der Waals surface area contributed by atoms with Crippen LogP contribution in [0, 0.1) is 5.41 Å². The lowest BCUT2D eigenvalue weighted by Gasteiger charge is -2.18. The van der Waals surface area contributed by atoms with Gasteiger partial charge in [0, 0.05) is 17.7 Å². The van der Waals surface area contributed by atoms with E-state index in [0.29, 0.717) is 24.1 Å². The fourth-order valence-electron chi connectivity index (χ4n) is 2.13. The van der Waals surface area contributed by atoms with Gasteiger partial charge in [-0.25, -0.2) is 4.79 Å². The first-order valence-electron chi connectivity index (χ1n) is 8.56. The smallest absolute Gasteiger partial charge is 0.326 e. The summed E-state index contributed by atoms with van der Waals surface area (Å²) in [5, 5.41) is 14.5. The molecule has 0 saturated heterocycles. The molecule has 1 unspecified atom stereocenters. The Bertz CT molecular complexity index is 603. The zero-order chi connectivity index (χ0) is 19.0. The third-order valence-electron chi connectivity index (χ3n) is 3.64. The molecule has 0 aromatic heterocycles. The molecular formula is C19H28N2O4. The van der Waals surface area contributed by atoms with E-state index < -0.39 is 17.9 Å².